The van der Waals surface area contributed by atoms with Gasteiger partial charge < -0.3 is 10.1 Å². The predicted molar refractivity (Wildman–Crippen MR) is 84.7 cm³/mol. The molecule has 0 radical (unpaired) electrons. The van der Waals surface area contributed by atoms with Gasteiger partial charge in [0.1, 0.15) is 11.0 Å². The lowest BCUT2D eigenvalue weighted by Crippen LogP contribution is -2.43. The highest BCUT2D eigenvalue weighted by Gasteiger charge is 2.34. The highest BCUT2D eigenvalue weighted by molar-refractivity contribution is 7.98. The maximum absolute atomic E-state index is 6.03. The fraction of sp³-hybridized carbons (Fsp3) is 0.714. The third-order valence-electron chi connectivity index (χ3n) is 3.99. The Labute approximate surface area is 130 Å². The van der Waals surface area contributed by atoms with Crippen LogP contribution in [0.2, 0.25) is 5.15 Å². The predicted octanol–water partition coefficient (Wildman–Crippen LogP) is 4.00. The fourth-order valence-corrected chi connectivity index (χ4v) is 3.28. The van der Waals surface area contributed by atoms with Gasteiger partial charge in [-0.25, -0.2) is 9.97 Å². The van der Waals surface area contributed by atoms with Crippen LogP contribution in [-0.4, -0.2) is 34.5 Å². The summed E-state index contributed by atoms with van der Waals surface area (Å²) in [4.78, 5) is 8.62. The Morgan fingerprint density at radius 2 is 2.20 bits per heavy atom. The summed E-state index contributed by atoms with van der Waals surface area (Å²) in [6.45, 7) is 5.19. The summed E-state index contributed by atoms with van der Waals surface area (Å²) < 4.78 is 6.00. The first-order valence-electron chi connectivity index (χ1n) is 7.10. The molecule has 1 aromatic heterocycles. The zero-order valence-electron chi connectivity index (χ0n) is 12.3. The summed E-state index contributed by atoms with van der Waals surface area (Å²) in [5, 5.41) is 4.67. The number of rotatable bonds is 5. The molecule has 1 aliphatic heterocycles. The van der Waals surface area contributed by atoms with E-state index in [0.29, 0.717) is 16.4 Å². The first-order chi connectivity index (χ1) is 9.60. The van der Waals surface area contributed by atoms with Crippen molar-refractivity contribution in [1.82, 2.24) is 9.97 Å². The topological polar surface area (TPSA) is 47.0 Å². The van der Waals surface area contributed by atoms with Gasteiger partial charge in [-0.15, -0.1) is 0 Å². The van der Waals surface area contributed by atoms with Crippen LogP contribution in [0.15, 0.2) is 11.2 Å². The van der Waals surface area contributed by atoms with Crippen LogP contribution < -0.4 is 5.32 Å². The molecule has 2 heterocycles. The third-order valence-corrected chi connectivity index (χ3v) is 4.73. The molecule has 112 valence electrons. The molecule has 0 bridgehead atoms. The van der Waals surface area contributed by atoms with E-state index in [0.717, 1.165) is 38.1 Å². The average molecular weight is 316 g/mol. The zero-order chi connectivity index (χ0) is 14.6. The highest BCUT2D eigenvalue weighted by atomic mass is 35.5. The summed E-state index contributed by atoms with van der Waals surface area (Å²) in [6.07, 6.45) is 6.04. The largest absolute Gasteiger partial charge is 0.375 e. The molecule has 1 unspecified atom stereocenters. The number of hydrogen-bond donors (Lipinski definition) is 1. The molecule has 1 aromatic rings. The Bertz CT molecular complexity index is 454. The van der Waals surface area contributed by atoms with Crippen LogP contribution in [0.4, 0.5) is 5.82 Å². The number of halogens is 1. The van der Waals surface area contributed by atoms with Crippen molar-refractivity contribution in [1.29, 1.82) is 0 Å². The molecule has 0 amide bonds. The van der Waals surface area contributed by atoms with E-state index >= 15 is 0 Å². The number of ether oxygens (including phenoxy) is 1. The summed E-state index contributed by atoms with van der Waals surface area (Å²) in [5.74, 6) is 0.808. The van der Waals surface area contributed by atoms with Gasteiger partial charge in [-0.2, -0.15) is 0 Å². The minimum Gasteiger partial charge on any atom is -0.375 e. The molecule has 20 heavy (non-hydrogen) atoms. The molecule has 1 fully saturated rings. The molecule has 2 rings (SSSR count). The van der Waals surface area contributed by atoms with Crippen LogP contribution in [-0.2, 0) is 4.74 Å². The van der Waals surface area contributed by atoms with Crippen molar-refractivity contribution in [3.8, 4) is 0 Å². The van der Waals surface area contributed by atoms with Crippen molar-refractivity contribution in [2.45, 2.75) is 56.3 Å². The SMILES string of the molecule is CCC1(CC)CC(Nc2cc(Cl)nc(SC)n2)CCO1. The van der Waals surface area contributed by atoms with E-state index in [4.69, 9.17) is 16.3 Å². The summed E-state index contributed by atoms with van der Waals surface area (Å²) in [5.41, 5.74) is 0.00901. The van der Waals surface area contributed by atoms with Crippen molar-refractivity contribution in [3.05, 3.63) is 11.2 Å². The van der Waals surface area contributed by atoms with Gasteiger partial charge in [0.2, 0.25) is 0 Å². The van der Waals surface area contributed by atoms with Crippen molar-refractivity contribution in [3.63, 3.8) is 0 Å². The molecule has 0 spiro atoms. The molecule has 0 aliphatic carbocycles. The van der Waals surface area contributed by atoms with Gasteiger partial charge in [-0.05, 0) is 31.9 Å². The smallest absolute Gasteiger partial charge is 0.190 e. The quantitative estimate of drug-likeness (QED) is 0.505. The molecule has 1 aliphatic rings. The number of hydrogen-bond acceptors (Lipinski definition) is 5. The van der Waals surface area contributed by atoms with Crippen LogP contribution in [0.3, 0.4) is 0 Å². The lowest BCUT2D eigenvalue weighted by molar-refractivity contribution is -0.0864. The molecule has 4 nitrogen and oxygen atoms in total. The van der Waals surface area contributed by atoms with Crippen LogP contribution in [0.25, 0.3) is 0 Å². The Morgan fingerprint density at radius 3 is 2.85 bits per heavy atom. The van der Waals surface area contributed by atoms with Gasteiger partial charge in [-0.1, -0.05) is 37.2 Å². The summed E-state index contributed by atoms with van der Waals surface area (Å²) >= 11 is 7.52. The normalized spacial score (nSPS) is 21.7. The van der Waals surface area contributed by atoms with Gasteiger partial charge in [-0.3, -0.25) is 0 Å². The second-order valence-corrected chi connectivity index (χ2v) is 6.30. The minimum absolute atomic E-state index is 0.00901. The van der Waals surface area contributed by atoms with E-state index < -0.39 is 0 Å². The summed E-state index contributed by atoms with van der Waals surface area (Å²) in [6, 6.07) is 2.17. The minimum atomic E-state index is 0.00901. The Morgan fingerprint density at radius 1 is 1.45 bits per heavy atom. The lowest BCUT2D eigenvalue weighted by Gasteiger charge is -2.40. The second-order valence-electron chi connectivity index (χ2n) is 5.14. The Balaban J connectivity index is 2.08. The zero-order valence-corrected chi connectivity index (χ0v) is 13.9. The Hall–Kier alpha value is -0.520. The van der Waals surface area contributed by atoms with E-state index in [2.05, 4.69) is 29.1 Å². The van der Waals surface area contributed by atoms with Gasteiger partial charge in [0, 0.05) is 18.7 Å². The van der Waals surface area contributed by atoms with Crippen LogP contribution in [0.1, 0.15) is 39.5 Å². The van der Waals surface area contributed by atoms with E-state index in [9.17, 15) is 0 Å². The molecule has 1 N–H and O–H groups in total. The highest BCUT2D eigenvalue weighted by Crippen LogP contribution is 2.32. The number of anilines is 1. The van der Waals surface area contributed by atoms with Crippen molar-refractivity contribution in [2.75, 3.05) is 18.2 Å². The van der Waals surface area contributed by atoms with Crippen molar-refractivity contribution < 1.29 is 4.74 Å². The maximum Gasteiger partial charge on any atom is 0.190 e. The van der Waals surface area contributed by atoms with Gasteiger partial charge in [0.25, 0.3) is 0 Å². The van der Waals surface area contributed by atoms with Gasteiger partial charge in [0.15, 0.2) is 5.16 Å². The molecule has 1 atom stereocenters. The van der Waals surface area contributed by atoms with E-state index in [-0.39, 0.29) is 5.60 Å². The van der Waals surface area contributed by atoms with E-state index in [1.54, 1.807) is 6.07 Å². The van der Waals surface area contributed by atoms with E-state index in [1.165, 1.54) is 11.8 Å². The van der Waals surface area contributed by atoms with Crippen LogP contribution >= 0.6 is 23.4 Å². The number of thioether (sulfide) groups is 1. The first kappa shape index (κ1) is 15.9. The molecular weight excluding hydrogens is 294 g/mol. The second kappa shape index (κ2) is 6.96. The van der Waals surface area contributed by atoms with Crippen LogP contribution in [0, 0.1) is 0 Å². The van der Waals surface area contributed by atoms with Gasteiger partial charge >= 0.3 is 0 Å². The molecule has 0 saturated carbocycles. The van der Waals surface area contributed by atoms with Crippen molar-refractivity contribution >= 4 is 29.2 Å². The fourth-order valence-electron chi connectivity index (χ4n) is 2.66. The monoisotopic (exact) mass is 315 g/mol. The molecule has 6 heteroatoms. The van der Waals surface area contributed by atoms with Crippen LogP contribution in [0.5, 0.6) is 0 Å². The van der Waals surface area contributed by atoms with Crippen molar-refractivity contribution in [2.24, 2.45) is 0 Å². The first-order valence-corrected chi connectivity index (χ1v) is 8.70. The third kappa shape index (κ3) is 3.77. The number of aromatic nitrogens is 2. The average Bonchev–Trinajstić information content (AvgIpc) is 2.46. The maximum atomic E-state index is 6.03. The Kier molecular flexibility index (Phi) is 5.52. The number of nitrogens with one attached hydrogen (secondary N) is 1. The molecule has 1 saturated heterocycles. The molecular formula is C14H22ClN3OS. The standard InChI is InChI=1S/C14H22ClN3OS/c1-4-14(5-2)9-10(6-7-19-14)16-12-8-11(15)17-13(18-12)20-3/h8,10H,4-7,9H2,1-3H3,(H,16,17,18). The molecule has 0 aromatic carbocycles. The van der Waals surface area contributed by atoms with Gasteiger partial charge in [0.05, 0.1) is 5.60 Å². The summed E-state index contributed by atoms with van der Waals surface area (Å²) in [7, 11) is 0. The van der Waals surface area contributed by atoms with E-state index in [1.807, 2.05) is 6.26 Å². The number of nitrogens with zero attached hydrogens (tertiary/aromatic N) is 2. The lowest BCUT2D eigenvalue weighted by atomic mass is 9.86.